The number of nitrogens with zero attached hydrogens (tertiary/aromatic N) is 2. The van der Waals surface area contributed by atoms with Gasteiger partial charge in [0.2, 0.25) is 0 Å². The van der Waals surface area contributed by atoms with E-state index in [9.17, 15) is 13.6 Å². The summed E-state index contributed by atoms with van der Waals surface area (Å²) < 4.78 is 28.0. The Labute approximate surface area is 198 Å². The molecule has 2 aliphatic heterocycles. The molecule has 1 amide bonds. The number of hydrogen-bond acceptors (Lipinski definition) is 4. The molecule has 7 heteroatoms. The van der Waals surface area contributed by atoms with Crippen LogP contribution in [0.1, 0.15) is 79.4 Å². The highest BCUT2D eigenvalue weighted by Crippen LogP contribution is 2.45. The lowest BCUT2D eigenvalue weighted by Crippen LogP contribution is -2.36. The molecule has 2 aliphatic carbocycles. The van der Waals surface area contributed by atoms with E-state index in [4.69, 9.17) is 5.21 Å². The van der Waals surface area contributed by atoms with Gasteiger partial charge in [0, 0.05) is 24.1 Å². The van der Waals surface area contributed by atoms with Gasteiger partial charge in [-0.3, -0.25) is 19.9 Å². The smallest absolute Gasteiger partial charge is 0.293 e. The molecule has 2 unspecified atom stereocenters. The first kappa shape index (κ1) is 23.1. The van der Waals surface area contributed by atoms with Gasteiger partial charge in [-0.1, -0.05) is 23.8 Å². The minimum absolute atomic E-state index is 0.106. The first-order valence-corrected chi connectivity index (χ1v) is 12.2. The van der Waals surface area contributed by atoms with E-state index in [0.717, 1.165) is 42.3 Å². The normalized spacial score (nSPS) is 26.0. The molecule has 0 spiro atoms. The fraction of sp³-hybridized carbons (Fsp3) is 0.481. The predicted octanol–water partition coefficient (Wildman–Crippen LogP) is 5.56. The van der Waals surface area contributed by atoms with Crippen molar-refractivity contribution in [1.82, 2.24) is 15.4 Å². The summed E-state index contributed by atoms with van der Waals surface area (Å²) in [5.41, 5.74) is 6.65. The summed E-state index contributed by atoms with van der Waals surface area (Å²) in [6.45, 7) is 4.49. The maximum Gasteiger partial charge on any atom is 0.293 e. The SMILES string of the molecule is C/C(=C\C12CCCN1CCC2)CC1=CC(CC2=CCC(F)C=C2F)c2cnc(C(=O)NO)cc21. The molecular weight excluding hydrogens is 436 g/mol. The number of hydrogen-bond donors (Lipinski definition) is 2. The Morgan fingerprint density at radius 3 is 2.76 bits per heavy atom. The maximum absolute atomic E-state index is 14.4. The summed E-state index contributed by atoms with van der Waals surface area (Å²) in [7, 11) is 0. The summed E-state index contributed by atoms with van der Waals surface area (Å²) >= 11 is 0. The van der Waals surface area contributed by atoms with E-state index in [1.165, 1.54) is 31.3 Å². The van der Waals surface area contributed by atoms with Crippen LogP contribution in [0.3, 0.4) is 0 Å². The lowest BCUT2D eigenvalue weighted by molar-refractivity contribution is 0.0700. The molecule has 4 aliphatic rings. The molecule has 5 nitrogen and oxygen atoms in total. The number of rotatable bonds is 6. The Hall–Kier alpha value is -2.64. The van der Waals surface area contributed by atoms with Crippen LogP contribution in [-0.2, 0) is 0 Å². The monoisotopic (exact) mass is 467 g/mol. The number of amides is 1. The molecule has 2 atom stereocenters. The molecule has 3 heterocycles. The van der Waals surface area contributed by atoms with Crippen molar-refractivity contribution in [2.75, 3.05) is 13.1 Å². The molecule has 1 aromatic heterocycles. The molecule has 5 rings (SSSR count). The van der Waals surface area contributed by atoms with Crippen molar-refractivity contribution in [3.8, 4) is 0 Å². The van der Waals surface area contributed by atoms with Gasteiger partial charge in [0.05, 0.1) is 0 Å². The van der Waals surface area contributed by atoms with E-state index in [1.807, 2.05) is 0 Å². The van der Waals surface area contributed by atoms with Crippen LogP contribution < -0.4 is 5.48 Å². The third kappa shape index (κ3) is 4.27. The zero-order valence-corrected chi connectivity index (χ0v) is 19.5. The van der Waals surface area contributed by atoms with E-state index >= 15 is 0 Å². The number of carbonyl (C=O) groups excluding carboxylic acids is 1. The number of alkyl halides is 1. The van der Waals surface area contributed by atoms with Gasteiger partial charge in [-0.05, 0) is 93.0 Å². The Balaban J connectivity index is 1.44. The van der Waals surface area contributed by atoms with Crippen LogP contribution in [0.4, 0.5) is 8.78 Å². The number of nitrogens with one attached hydrogen (secondary N) is 1. The number of carbonyl (C=O) groups is 1. The van der Waals surface area contributed by atoms with Gasteiger partial charge in [0.15, 0.2) is 0 Å². The summed E-state index contributed by atoms with van der Waals surface area (Å²) in [5, 5.41) is 9.06. The molecule has 0 aromatic carbocycles. The van der Waals surface area contributed by atoms with Gasteiger partial charge >= 0.3 is 0 Å². The largest absolute Gasteiger partial charge is 0.294 e. The average Bonchev–Trinajstić information content (AvgIpc) is 3.47. The predicted molar refractivity (Wildman–Crippen MR) is 127 cm³/mol. The number of hydroxylamine groups is 1. The number of allylic oxidation sites excluding steroid dienone is 7. The first-order valence-electron chi connectivity index (χ1n) is 12.2. The van der Waals surface area contributed by atoms with Crippen molar-refractivity contribution >= 4 is 11.5 Å². The molecule has 180 valence electrons. The average molecular weight is 468 g/mol. The number of halogens is 2. The lowest BCUT2D eigenvalue weighted by atomic mass is 9.89. The van der Waals surface area contributed by atoms with Crippen molar-refractivity contribution in [2.24, 2.45) is 0 Å². The van der Waals surface area contributed by atoms with E-state index in [0.29, 0.717) is 12.0 Å². The summed E-state index contributed by atoms with van der Waals surface area (Å²) in [6.07, 6.45) is 13.8. The van der Waals surface area contributed by atoms with Gasteiger partial charge in [-0.15, -0.1) is 0 Å². The third-order valence-corrected chi connectivity index (χ3v) is 7.77. The molecule has 0 saturated carbocycles. The first-order chi connectivity index (χ1) is 16.4. The van der Waals surface area contributed by atoms with Crippen LogP contribution in [0.15, 0.2) is 53.5 Å². The van der Waals surface area contributed by atoms with Crippen LogP contribution in [0.5, 0.6) is 0 Å². The Kier molecular flexibility index (Phi) is 6.25. The van der Waals surface area contributed by atoms with Gasteiger partial charge in [-0.2, -0.15) is 0 Å². The molecule has 2 N–H and O–H groups in total. The van der Waals surface area contributed by atoms with Crippen molar-refractivity contribution in [3.05, 3.63) is 70.4 Å². The van der Waals surface area contributed by atoms with Crippen molar-refractivity contribution in [3.63, 3.8) is 0 Å². The van der Waals surface area contributed by atoms with E-state index in [-0.39, 0.29) is 23.6 Å². The second-order valence-corrected chi connectivity index (χ2v) is 10.1. The topological polar surface area (TPSA) is 65.5 Å². The molecule has 2 saturated heterocycles. The summed E-state index contributed by atoms with van der Waals surface area (Å²) in [4.78, 5) is 18.8. The van der Waals surface area contributed by atoms with Gasteiger partial charge < -0.3 is 0 Å². The van der Waals surface area contributed by atoms with Gasteiger partial charge in [0.25, 0.3) is 5.91 Å². The quantitative estimate of drug-likeness (QED) is 0.327. The highest BCUT2D eigenvalue weighted by molar-refractivity contribution is 5.93. The fourth-order valence-corrected chi connectivity index (χ4v) is 6.27. The highest BCUT2D eigenvalue weighted by Gasteiger charge is 2.42. The number of fused-ring (bicyclic) bond motifs is 2. The minimum atomic E-state index is -1.27. The Bertz CT molecular complexity index is 1110. The molecule has 2 fully saturated rings. The van der Waals surface area contributed by atoms with Crippen LogP contribution in [-0.4, -0.2) is 45.8 Å². The van der Waals surface area contributed by atoms with Crippen LogP contribution in [0.25, 0.3) is 5.57 Å². The third-order valence-electron chi connectivity index (χ3n) is 7.77. The number of pyridine rings is 1. The van der Waals surface area contributed by atoms with E-state index in [2.05, 4.69) is 29.0 Å². The van der Waals surface area contributed by atoms with Crippen molar-refractivity contribution in [1.29, 1.82) is 0 Å². The maximum atomic E-state index is 14.4. The Morgan fingerprint density at radius 2 is 2.06 bits per heavy atom. The summed E-state index contributed by atoms with van der Waals surface area (Å²) in [6, 6.07) is 1.70. The van der Waals surface area contributed by atoms with Crippen molar-refractivity contribution < 1.29 is 18.8 Å². The van der Waals surface area contributed by atoms with Crippen molar-refractivity contribution in [2.45, 2.75) is 69.5 Å². The van der Waals surface area contributed by atoms with Crippen LogP contribution >= 0.6 is 0 Å². The second-order valence-electron chi connectivity index (χ2n) is 10.1. The standard InChI is InChI=1S/C27H31F2N3O2/c1-17(15-27-6-2-8-32(27)9-3-7-27)10-19-12-20(11-18-4-5-21(28)13-24(18)29)23-16-30-25(14-22(19)23)26(33)31-34/h4,12-16,20-21,34H,2-3,5-11H2,1H3,(H,31,33)/b17-15+. The molecule has 1 aromatic rings. The zero-order chi connectivity index (χ0) is 23.9. The van der Waals surface area contributed by atoms with Gasteiger partial charge in [0.1, 0.15) is 17.7 Å². The summed E-state index contributed by atoms with van der Waals surface area (Å²) in [5.74, 6) is -1.27. The second kappa shape index (κ2) is 9.19. The molecule has 34 heavy (non-hydrogen) atoms. The highest BCUT2D eigenvalue weighted by atomic mass is 19.1. The van der Waals surface area contributed by atoms with Crippen LogP contribution in [0, 0.1) is 0 Å². The zero-order valence-electron chi connectivity index (χ0n) is 19.5. The van der Waals surface area contributed by atoms with E-state index in [1.54, 1.807) is 23.8 Å². The van der Waals surface area contributed by atoms with Crippen LogP contribution in [0.2, 0.25) is 0 Å². The fourth-order valence-electron chi connectivity index (χ4n) is 6.27. The molecular formula is C27H31F2N3O2. The van der Waals surface area contributed by atoms with Gasteiger partial charge in [-0.25, -0.2) is 14.3 Å². The number of aromatic nitrogens is 1. The lowest BCUT2D eigenvalue weighted by Gasteiger charge is -2.29. The molecule has 0 bridgehead atoms. The molecule has 0 radical (unpaired) electrons. The minimum Gasteiger partial charge on any atom is -0.294 e. The Morgan fingerprint density at radius 1 is 1.29 bits per heavy atom. The van der Waals surface area contributed by atoms with E-state index < -0.39 is 17.9 Å².